The number of hydrogen-bond donors (Lipinski definition) is 3. The fraction of sp³-hybridized carbons (Fsp3) is 0.412. The summed E-state index contributed by atoms with van der Waals surface area (Å²) in [7, 11) is 3.19. The Labute approximate surface area is 276 Å². The number of carbonyl (C=O) groups excluding carboxylic acids is 3. The summed E-state index contributed by atoms with van der Waals surface area (Å²) in [5.41, 5.74) is 0.315. The topological polar surface area (TPSA) is 156 Å². The van der Waals surface area contributed by atoms with Crippen molar-refractivity contribution in [2.75, 3.05) is 52.3 Å². The minimum absolute atomic E-state index is 0.0113. The quantitative estimate of drug-likeness (QED) is 0.235. The van der Waals surface area contributed by atoms with Gasteiger partial charge in [0.05, 0.1) is 38.0 Å². The molecule has 2 aromatic carbocycles. The Morgan fingerprint density at radius 1 is 1.02 bits per heavy atom. The van der Waals surface area contributed by atoms with Crippen molar-refractivity contribution in [3.05, 3.63) is 48.4 Å². The molecule has 1 aromatic heterocycles. The number of hydrogen-bond acceptors (Lipinski definition) is 10. The Hall–Kier alpha value is -5.11. The molecule has 13 nitrogen and oxygen atoms in total. The molecule has 3 aromatic rings. The van der Waals surface area contributed by atoms with E-state index in [2.05, 4.69) is 36.0 Å². The van der Waals surface area contributed by atoms with Crippen LogP contribution in [0.15, 0.2) is 52.8 Å². The summed E-state index contributed by atoms with van der Waals surface area (Å²) in [5, 5.41) is 16.4. The Morgan fingerprint density at radius 3 is 2.52 bits per heavy atom. The van der Waals surface area contributed by atoms with Crippen LogP contribution in [0.3, 0.4) is 0 Å². The number of amides is 3. The van der Waals surface area contributed by atoms with Gasteiger partial charge in [0.2, 0.25) is 17.7 Å². The third-order valence-electron chi connectivity index (χ3n) is 8.90. The minimum Gasteiger partial charge on any atom is -0.493 e. The number of likely N-dealkylation sites (N-methyl/N-ethyl adjacent to an activating group) is 1. The summed E-state index contributed by atoms with van der Waals surface area (Å²) in [6, 6.07) is 9.25. The molecule has 1 aliphatic carbocycles. The number of benzene rings is 2. The van der Waals surface area contributed by atoms with Crippen LogP contribution < -0.4 is 30.2 Å². The predicted molar refractivity (Wildman–Crippen MR) is 177 cm³/mol. The zero-order valence-electron chi connectivity index (χ0n) is 26.9. The molecule has 0 bridgehead atoms. The molecule has 3 aliphatic rings. The van der Waals surface area contributed by atoms with E-state index in [4.69, 9.17) is 14.2 Å². The van der Waals surface area contributed by atoms with Crippen molar-refractivity contribution >= 4 is 46.2 Å². The average Bonchev–Trinajstić information content (AvgIpc) is 3.75. The second-order valence-electron chi connectivity index (χ2n) is 12.2. The number of nitrogens with one attached hydrogen (secondary N) is 3. The molecule has 252 valence electrons. The Balaban J connectivity index is 1.08. The van der Waals surface area contributed by atoms with E-state index < -0.39 is 17.1 Å². The third-order valence-corrected chi connectivity index (χ3v) is 8.90. The molecule has 6 rings (SSSR count). The average molecular weight is 660 g/mol. The molecule has 48 heavy (non-hydrogen) atoms. The number of piperidine rings is 1. The highest BCUT2D eigenvalue weighted by Gasteiger charge is 2.56. The highest BCUT2D eigenvalue weighted by molar-refractivity contribution is 6.14. The van der Waals surface area contributed by atoms with Gasteiger partial charge in [0.25, 0.3) is 0 Å². The predicted octanol–water partition coefficient (Wildman–Crippen LogP) is 3.68. The van der Waals surface area contributed by atoms with Gasteiger partial charge in [-0.2, -0.15) is 10.2 Å². The first-order valence-electron chi connectivity index (χ1n) is 15.9. The summed E-state index contributed by atoms with van der Waals surface area (Å²) >= 11 is 0. The van der Waals surface area contributed by atoms with Crippen molar-refractivity contribution in [2.24, 2.45) is 21.5 Å². The summed E-state index contributed by atoms with van der Waals surface area (Å²) in [4.78, 5) is 44.1. The van der Waals surface area contributed by atoms with Gasteiger partial charge in [-0.05, 0) is 69.0 Å². The highest BCUT2D eigenvalue weighted by Crippen LogP contribution is 2.47. The summed E-state index contributed by atoms with van der Waals surface area (Å²) in [5.74, 6) is 0.102. The van der Waals surface area contributed by atoms with Gasteiger partial charge in [0, 0.05) is 49.1 Å². The van der Waals surface area contributed by atoms with Crippen LogP contribution in [0.4, 0.5) is 10.1 Å². The van der Waals surface area contributed by atoms with E-state index >= 15 is 4.39 Å². The lowest BCUT2D eigenvalue weighted by Crippen LogP contribution is -2.41. The van der Waals surface area contributed by atoms with E-state index in [1.54, 1.807) is 44.8 Å². The van der Waals surface area contributed by atoms with Gasteiger partial charge in [-0.25, -0.2) is 4.39 Å². The SMILES string of the molecule is CNC(=O)CN1CCC(COc2cc3nccc(Oc4ccc(NC(=O)C5(C(=O)NCC6=NN=CC6)CC5)cc4F)c3cc2OC)CC1. The first kappa shape index (κ1) is 32.8. The number of ether oxygens (including phenoxy) is 3. The maximum Gasteiger partial charge on any atom is 0.240 e. The van der Waals surface area contributed by atoms with Gasteiger partial charge in [0.1, 0.15) is 11.2 Å². The van der Waals surface area contributed by atoms with Crippen LogP contribution in [0.25, 0.3) is 10.9 Å². The van der Waals surface area contributed by atoms with Crippen LogP contribution in [0.5, 0.6) is 23.0 Å². The molecule has 2 fully saturated rings. The van der Waals surface area contributed by atoms with Crippen molar-refractivity contribution in [1.82, 2.24) is 20.5 Å². The van der Waals surface area contributed by atoms with Crippen molar-refractivity contribution in [3.63, 3.8) is 0 Å². The second kappa shape index (κ2) is 14.3. The zero-order valence-corrected chi connectivity index (χ0v) is 26.9. The number of anilines is 1. The number of likely N-dealkylation sites (tertiary alicyclic amines) is 1. The fourth-order valence-corrected chi connectivity index (χ4v) is 5.77. The standard InChI is InChI=1S/C34H38FN7O6/c1-36-31(43)19-42-13-7-21(8-14-42)20-47-30-17-26-24(16-29(30)46-2)27(6-11-37-26)48-28-4-3-22(15-25(28)35)40-33(45)34(9-10-34)32(44)38-18-23-5-12-39-41-23/h3-4,6,11-12,15-17,21H,5,7-10,13-14,18-20H2,1-2H3,(H,36,43)(H,38,44)(H,40,45). The number of pyridine rings is 1. The largest absolute Gasteiger partial charge is 0.493 e. The van der Waals surface area contributed by atoms with Crippen molar-refractivity contribution < 1.29 is 33.0 Å². The maximum atomic E-state index is 15.3. The first-order valence-corrected chi connectivity index (χ1v) is 15.9. The van der Waals surface area contributed by atoms with Gasteiger partial charge in [0.15, 0.2) is 23.1 Å². The monoisotopic (exact) mass is 659 g/mol. The summed E-state index contributed by atoms with van der Waals surface area (Å²) in [6.07, 6.45) is 6.42. The summed E-state index contributed by atoms with van der Waals surface area (Å²) < 4.78 is 33.1. The normalized spacial score (nSPS) is 17.0. The van der Waals surface area contributed by atoms with E-state index in [1.165, 1.54) is 12.1 Å². The third kappa shape index (κ3) is 7.38. The number of aromatic nitrogens is 1. The van der Waals surface area contributed by atoms with Crippen LogP contribution in [0, 0.1) is 17.2 Å². The number of fused-ring (bicyclic) bond motifs is 1. The van der Waals surface area contributed by atoms with Crippen LogP contribution in [0.2, 0.25) is 0 Å². The van der Waals surface area contributed by atoms with Gasteiger partial charge in [-0.3, -0.25) is 24.3 Å². The molecule has 0 atom stereocenters. The number of nitrogens with zero attached hydrogens (tertiary/aromatic N) is 4. The van der Waals surface area contributed by atoms with Crippen LogP contribution in [-0.2, 0) is 14.4 Å². The van der Waals surface area contributed by atoms with Crippen molar-refractivity contribution in [3.8, 4) is 23.0 Å². The molecule has 1 saturated carbocycles. The molecule has 0 unspecified atom stereocenters. The van der Waals surface area contributed by atoms with E-state index in [0.717, 1.165) is 37.7 Å². The summed E-state index contributed by atoms with van der Waals surface area (Å²) in [6.45, 7) is 2.77. The molecule has 2 aliphatic heterocycles. The van der Waals surface area contributed by atoms with Gasteiger partial charge < -0.3 is 30.2 Å². The zero-order chi connectivity index (χ0) is 33.7. The van der Waals surface area contributed by atoms with Crippen LogP contribution in [0.1, 0.15) is 32.1 Å². The lowest BCUT2D eigenvalue weighted by atomic mass is 9.98. The second-order valence-corrected chi connectivity index (χ2v) is 12.2. The lowest BCUT2D eigenvalue weighted by molar-refractivity contribution is -0.134. The molecule has 3 heterocycles. The first-order chi connectivity index (χ1) is 23.3. The van der Waals surface area contributed by atoms with Crippen LogP contribution >= 0.6 is 0 Å². The highest BCUT2D eigenvalue weighted by atomic mass is 19.1. The lowest BCUT2D eigenvalue weighted by Gasteiger charge is -2.31. The van der Waals surface area contributed by atoms with Crippen molar-refractivity contribution in [1.29, 1.82) is 0 Å². The van der Waals surface area contributed by atoms with E-state index in [0.29, 0.717) is 66.5 Å². The van der Waals surface area contributed by atoms with Crippen LogP contribution in [-0.4, -0.2) is 86.5 Å². The smallest absolute Gasteiger partial charge is 0.240 e. The Bertz CT molecular complexity index is 1770. The molecule has 3 N–H and O–H groups in total. The van der Waals surface area contributed by atoms with Gasteiger partial charge >= 0.3 is 0 Å². The fourth-order valence-electron chi connectivity index (χ4n) is 5.77. The Kier molecular flexibility index (Phi) is 9.80. The molecule has 0 spiro atoms. The number of methoxy groups -OCH3 is 1. The molecule has 14 heteroatoms. The molecular formula is C34H38FN7O6. The van der Waals surface area contributed by atoms with Gasteiger partial charge in [-0.1, -0.05) is 0 Å². The molecular weight excluding hydrogens is 621 g/mol. The molecule has 3 amide bonds. The number of carbonyl (C=O) groups is 3. The van der Waals surface area contributed by atoms with E-state index in [1.807, 2.05) is 0 Å². The van der Waals surface area contributed by atoms with Crippen molar-refractivity contribution in [2.45, 2.75) is 32.1 Å². The maximum absolute atomic E-state index is 15.3. The number of rotatable bonds is 13. The molecule has 0 radical (unpaired) electrons. The Morgan fingerprint density at radius 2 is 1.83 bits per heavy atom. The van der Waals surface area contributed by atoms with E-state index in [-0.39, 0.29) is 29.8 Å². The van der Waals surface area contributed by atoms with E-state index in [9.17, 15) is 14.4 Å². The van der Waals surface area contributed by atoms with Gasteiger partial charge in [-0.15, -0.1) is 0 Å². The number of halogens is 1. The molecule has 1 saturated heterocycles. The minimum atomic E-state index is -1.19.